The maximum atomic E-state index is 13.4. The zero-order valence-corrected chi connectivity index (χ0v) is 18.1. The van der Waals surface area contributed by atoms with Crippen molar-refractivity contribution in [1.29, 1.82) is 0 Å². The lowest BCUT2D eigenvalue weighted by molar-refractivity contribution is -0.113. The van der Waals surface area contributed by atoms with Crippen molar-refractivity contribution in [3.05, 3.63) is 94.3 Å². The molecule has 1 atom stereocenters. The van der Waals surface area contributed by atoms with Crippen LogP contribution in [0.25, 0.3) is 11.6 Å². The van der Waals surface area contributed by atoms with E-state index in [1.54, 1.807) is 23.1 Å². The van der Waals surface area contributed by atoms with Crippen LogP contribution < -0.4 is 10.6 Å². The minimum atomic E-state index is -0.454. The lowest BCUT2D eigenvalue weighted by atomic mass is 9.95. The predicted molar refractivity (Wildman–Crippen MR) is 121 cm³/mol. The van der Waals surface area contributed by atoms with Crippen LogP contribution in [0.15, 0.2) is 93.2 Å². The molecule has 0 radical (unpaired) electrons. The number of amides is 1. The summed E-state index contributed by atoms with van der Waals surface area (Å²) < 4.78 is 8.15. The molecule has 1 aliphatic heterocycles. The fourth-order valence-electron chi connectivity index (χ4n) is 3.63. The summed E-state index contributed by atoms with van der Waals surface area (Å²) in [6.07, 6.45) is 1.58. The van der Waals surface area contributed by atoms with Crippen molar-refractivity contribution < 1.29 is 9.21 Å². The van der Waals surface area contributed by atoms with Crippen LogP contribution in [0.4, 0.5) is 11.6 Å². The summed E-state index contributed by atoms with van der Waals surface area (Å²) in [5, 5.41) is 10.9. The van der Waals surface area contributed by atoms with Gasteiger partial charge < -0.3 is 15.1 Å². The molecule has 2 aromatic heterocycles. The van der Waals surface area contributed by atoms with Crippen molar-refractivity contribution in [1.82, 2.24) is 14.8 Å². The topological polar surface area (TPSA) is 85.0 Å². The van der Waals surface area contributed by atoms with E-state index in [1.807, 2.05) is 61.5 Å². The summed E-state index contributed by atoms with van der Waals surface area (Å²) in [7, 11) is 0. The number of halogens is 1. The smallest absolute Gasteiger partial charge is 0.255 e. The Balaban J connectivity index is 1.60. The highest BCUT2D eigenvalue weighted by molar-refractivity contribution is 9.10. The third-order valence-electron chi connectivity index (χ3n) is 5.06. The molecule has 1 amide bonds. The number of para-hydroxylation sites is 1. The summed E-state index contributed by atoms with van der Waals surface area (Å²) in [5.41, 5.74) is 2.92. The molecule has 8 heteroatoms. The first kappa shape index (κ1) is 19.3. The molecule has 0 saturated carbocycles. The summed E-state index contributed by atoms with van der Waals surface area (Å²) in [6.45, 7) is 1.87. The molecule has 0 aliphatic carbocycles. The fraction of sp³-hybridized carbons (Fsp3) is 0.0870. The molecule has 0 unspecified atom stereocenters. The van der Waals surface area contributed by atoms with E-state index in [4.69, 9.17) is 4.42 Å². The second-order valence-corrected chi connectivity index (χ2v) is 8.03. The molecule has 0 fully saturated rings. The van der Waals surface area contributed by atoms with Gasteiger partial charge in [0.2, 0.25) is 11.8 Å². The second kappa shape index (κ2) is 7.88. The summed E-state index contributed by atoms with van der Waals surface area (Å²) >= 11 is 3.48. The van der Waals surface area contributed by atoms with Gasteiger partial charge in [-0.25, -0.2) is 4.68 Å². The number of anilines is 2. The Morgan fingerprint density at radius 3 is 2.58 bits per heavy atom. The minimum Gasteiger partial charge on any atom is -0.461 e. The van der Waals surface area contributed by atoms with E-state index >= 15 is 0 Å². The highest BCUT2D eigenvalue weighted by Crippen LogP contribution is 2.37. The van der Waals surface area contributed by atoms with Crippen LogP contribution >= 0.6 is 15.9 Å². The van der Waals surface area contributed by atoms with Crippen LogP contribution in [-0.4, -0.2) is 20.7 Å². The maximum absolute atomic E-state index is 13.4. The first-order valence-electron chi connectivity index (χ1n) is 9.70. The predicted octanol–water partition coefficient (Wildman–Crippen LogP) is 5.23. The van der Waals surface area contributed by atoms with Crippen LogP contribution in [-0.2, 0) is 4.79 Å². The minimum absolute atomic E-state index is 0.204. The maximum Gasteiger partial charge on any atom is 0.255 e. The molecule has 2 aromatic carbocycles. The number of nitrogens with one attached hydrogen (secondary N) is 2. The molecule has 0 bridgehead atoms. The van der Waals surface area contributed by atoms with E-state index in [9.17, 15) is 4.79 Å². The average Bonchev–Trinajstić information content (AvgIpc) is 3.44. The standard InChI is InChI=1S/C23H18BrN5O2/c1-14-19(22(30)26-17-6-3-2-4-7-17)20(15-9-11-16(24)12-10-15)29-23(25-14)27-21(28-29)18-8-5-13-31-18/h2-13,20H,1H3,(H,26,30)(H,25,27,28)/t20-/m0/s1. The normalized spacial score (nSPS) is 15.4. The molecule has 4 aromatic rings. The van der Waals surface area contributed by atoms with Crippen LogP contribution in [0.5, 0.6) is 0 Å². The number of carbonyl (C=O) groups is 1. The number of nitrogens with zero attached hydrogens (tertiary/aromatic N) is 3. The number of aromatic nitrogens is 3. The van der Waals surface area contributed by atoms with Gasteiger partial charge in [-0.15, -0.1) is 5.10 Å². The van der Waals surface area contributed by atoms with Gasteiger partial charge in [-0.05, 0) is 48.9 Å². The van der Waals surface area contributed by atoms with Crippen LogP contribution in [0.3, 0.4) is 0 Å². The van der Waals surface area contributed by atoms with Crippen LogP contribution in [0.2, 0.25) is 0 Å². The van der Waals surface area contributed by atoms with Crippen molar-refractivity contribution in [2.24, 2.45) is 0 Å². The van der Waals surface area contributed by atoms with Gasteiger partial charge in [0.15, 0.2) is 5.76 Å². The Hall–Kier alpha value is -3.65. The molecule has 0 spiro atoms. The number of carbonyl (C=O) groups excluding carboxylic acids is 1. The molecule has 5 rings (SSSR count). The SMILES string of the molecule is CC1=C(C(=O)Nc2ccccc2)[C@H](c2ccc(Br)cc2)n2nc(-c3ccco3)nc2N1. The zero-order valence-electron chi connectivity index (χ0n) is 16.5. The summed E-state index contributed by atoms with van der Waals surface area (Å²) in [6, 6.07) is 20.4. The van der Waals surface area contributed by atoms with E-state index in [-0.39, 0.29) is 5.91 Å². The average molecular weight is 476 g/mol. The molecule has 31 heavy (non-hydrogen) atoms. The number of rotatable bonds is 4. The lowest BCUT2D eigenvalue weighted by Crippen LogP contribution is -2.31. The van der Waals surface area contributed by atoms with Gasteiger partial charge in [0, 0.05) is 15.9 Å². The van der Waals surface area contributed by atoms with Crippen molar-refractivity contribution in [2.75, 3.05) is 10.6 Å². The van der Waals surface area contributed by atoms with Gasteiger partial charge in [0.05, 0.1) is 11.8 Å². The Kier molecular flexibility index (Phi) is 4.91. The van der Waals surface area contributed by atoms with Gasteiger partial charge in [-0.2, -0.15) is 4.98 Å². The highest BCUT2D eigenvalue weighted by Gasteiger charge is 2.34. The van der Waals surface area contributed by atoms with E-state index in [2.05, 4.69) is 36.6 Å². The van der Waals surface area contributed by atoms with Gasteiger partial charge in [0.1, 0.15) is 6.04 Å². The van der Waals surface area contributed by atoms with Gasteiger partial charge in [-0.1, -0.05) is 46.3 Å². The van der Waals surface area contributed by atoms with Gasteiger partial charge in [-0.3, -0.25) is 4.79 Å². The monoisotopic (exact) mass is 475 g/mol. The zero-order chi connectivity index (χ0) is 21.4. The molecular formula is C23H18BrN5O2. The highest BCUT2D eigenvalue weighted by atomic mass is 79.9. The number of benzene rings is 2. The first-order chi connectivity index (χ1) is 15.1. The number of hydrogen-bond donors (Lipinski definition) is 2. The molecule has 2 N–H and O–H groups in total. The Bertz CT molecular complexity index is 1260. The van der Waals surface area contributed by atoms with Crippen molar-refractivity contribution >= 4 is 33.5 Å². The lowest BCUT2D eigenvalue weighted by Gasteiger charge is -2.28. The quantitative estimate of drug-likeness (QED) is 0.422. The third kappa shape index (κ3) is 3.66. The van der Waals surface area contributed by atoms with Gasteiger partial charge in [0.25, 0.3) is 5.91 Å². The Morgan fingerprint density at radius 1 is 1.10 bits per heavy atom. The summed E-state index contributed by atoms with van der Waals surface area (Å²) in [5.74, 6) is 1.36. The number of fused-ring (bicyclic) bond motifs is 1. The molecule has 1 aliphatic rings. The first-order valence-corrected chi connectivity index (χ1v) is 10.5. The van der Waals surface area contributed by atoms with E-state index in [0.717, 1.165) is 15.7 Å². The fourth-order valence-corrected chi connectivity index (χ4v) is 3.89. The number of hydrogen-bond acceptors (Lipinski definition) is 5. The van der Waals surface area contributed by atoms with Crippen LogP contribution in [0, 0.1) is 0 Å². The van der Waals surface area contributed by atoms with E-state index in [1.165, 1.54) is 0 Å². The van der Waals surface area contributed by atoms with E-state index in [0.29, 0.717) is 28.8 Å². The molecule has 154 valence electrons. The second-order valence-electron chi connectivity index (χ2n) is 7.12. The molecule has 3 heterocycles. The van der Waals surface area contributed by atoms with Crippen LogP contribution in [0.1, 0.15) is 18.5 Å². The largest absolute Gasteiger partial charge is 0.461 e. The molecular weight excluding hydrogens is 458 g/mol. The Labute approximate surface area is 186 Å². The molecule has 7 nitrogen and oxygen atoms in total. The van der Waals surface area contributed by atoms with Crippen molar-refractivity contribution in [2.45, 2.75) is 13.0 Å². The van der Waals surface area contributed by atoms with Crippen molar-refractivity contribution in [3.8, 4) is 11.6 Å². The molecule has 0 saturated heterocycles. The summed E-state index contributed by atoms with van der Waals surface area (Å²) in [4.78, 5) is 18.0. The van der Waals surface area contributed by atoms with E-state index < -0.39 is 6.04 Å². The third-order valence-corrected chi connectivity index (χ3v) is 5.58. The van der Waals surface area contributed by atoms with Crippen molar-refractivity contribution in [3.63, 3.8) is 0 Å². The van der Waals surface area contributed by atoms with Gasteiger partial charge >= 0.3 is 0 Å². The Morgan fingerprint density at radius 2 is 1.87 bits per heavy atom. The number of allylic oxidation sites excluding steroid dienone is 1. The number of furan rings is 1.